The highest BCUT2D eigenvalue weighted by molar-refractivity contribution is 7.89. The number of rotatable bonds is 7. The molecule has 0 amide bonds. The molecule has 7 nitrogen and oxygen atoms in total. The van der Waals surface area contributed by atoms with Gasteiger partial charge in [0.1, 0.15) is 0 Å². The molecule has 0 heterocycles. The van der Waals surface area contributed by atoms with Gasteiger partial charge in [-0.05, 0) is 47.9 Å². The van der Waals surface area contributed by atoms with Gasteiger partial charge in [0.2, 0.25) is 10.0 Å². The molecule has 1 aliphatic carbocycles. The molecule has 0 aromatic heterocycles. The zero-order chi connectivity index (χ0) is 22.7. The second-order valence-corrected chi connectivity index (χ2v) is 9.31. The maximum absolute atomic E-state index is 13.1. The number of hydrogen-bond donors (Lipinski definition) is 1. The number of nitrogens with zero attached hydrogens (tertiary/aromatic N) is 1. The predicted octanol–water partition coefficient (Wildman–Crippen LogP) is 4.54. The monoisotopic (exact) mass is 450 g/mol. The van der Waals surface area contributed by atoms with Gasteiger partial charge in [-0.3, -0.25) is 10.1 Å². The van der Waals surface area contributed by atoms with E-state index in [4.69, 9.17) is 4.74 Å². The average Bonchev–Trinajstić information content (AvgIpc) is 2.79. The van der Waals surface area contributed by atoms with Gasteiger partial charge in [-0.25, -0.2) is 13.1 Å². The van der Waals surface area contributed by atoms with E-state index in [-0.39, 0.29) is 17.2 Å². The summed E-state index contributed by atoms with van der Waals surface area (Å²) in [7, 11) is -3.79. The third-order valence-electron chi connectivity index (χ3n) is 5.33. The van der Waals surface area contributed by atoms with Crippen molar-refractivity contribution in [1.82, 2.24) is 4.72 Å². The molecule has 1 N–H and O–H groups in total. The third-order valence-corrected chi connectivity index (χ3v) is 6.79. The van der Waals surface area contributed by atoms with Crippen LogP contribution >= 0.6 is 0 Å². The molecular weight excluding hydrogens is 428 g/mol. The van der Waals surface area contributed by atoms with E-state index in [1.165, 1.54) is 12.1 Å². The van der Waals surface area contributed by atoms with Crippen molar-refractivity contribution >= 4 is 21.8 Å². The summed E-state index contributed by atoms with van der Waals surface area (Å²) < 4.78 is 35.0. The van der Waals surface area contributed by atoms with E-state index >= 15 is 0 Å². The van der Waals surface area contributed by atoms with E-state index in [1.54, 1.807) is 36.4 Å². The van der Waals surface area contributed by atoms with Crippen molar-refractivity contribution in [2.75, 3.05) is 0 Å². The van der Waals surface area contributed by atoms with E-state index in [1.807, 2.05) is 43.3 Å². The molecule has 0 aliphatic heterocycles. The lowest BCUT2D eigenvalue weighted by atomic mass is 9.91. The van der Waals surface area contributed by atoms with Gasteiger partial charge in [0.25, 0.3) is 5.69 Å². The minimum atomic E-state index is -3.79. The first kappa shape index (κ1) is 21.9. The second kappa shape index (κ2) is 9.04. The van der Waals surface area contributed by atoms with Gasteiger partial charge >= 0.3 is 0 Å². The Hall–Kier alpha value is -3.33. The lowest BCUT2D eigenvalue weighted by molar-refractivity contribution is -0.384. The average molecular weight is 451 g/mol. The van der Waals surface area contributed by atoms with Gasteiger partial charge in [0, 0.05) is 12.1 Å². The van der Waals surface area contributed by atoms with Crippen molar-refractivity contribution in [3.05, 3.63) is 111 Å². The molecule has 2 atom stereocenters. The lowest BCUT2D eigenvalue weighted by Gasteiger charge is -2.30. The highest BCUT2D eigenvalue weighted by Crippen LogP contribution is 2.32. The molecule has 0 saturated carbocycles. The second-order valence-electron chi connectivity index (χ2n) is 7.60. The van der Waals surface area contributed by atoms with Crippen LogP contribution in [0.25, 0.3) is 6.08 Å². The van der Waals surface area contributed by atoms with Crippen LogP contribution in [0.15, 0.2) is 83.8 Å². The summed E-state index contributed by atoms with van der Waals surface area (Å²) in [6.07, 6.45) is 3.18. The van der Waals surface area contributed by atoms with Crippen LogP contribution in [0.4, 0.5) is 5.69 Å². The maximum Gasteiger partial charge on any atom is 0.269 e. The molecule has 164 valence electrons. The molecule has 3 aromatic carbocycles. The third kappa shape index (κ3) is 4.77. The van der Waals surface area contributed by atoms with Crippen LogP contribution in [0.3, 0.4) is 0 Å². The van der Waals surface area contributed by atoms with Gasteiger partial charge in [-0.15, -0.1) is 0 Å². The summed E-state index contributed by atoms with van der Waals surface area (Å²) in [6, 6.07) is 19.7. The normalized spacial score (nSPS) is 17.7. The number of non-ortho nitro benzene ring substituents is 1. The lowest BCUT2D eigenvalue weighted by Crippen LogP contribution is -2.38. The quantitative estimate of drug-likeness (QED) is 0.421. The minimum Gasteiger partial charge on any atom is -0.367 e. The van der Waals surface area contributed by atoms with Crippen LogP contribution in [0.5, 0.6) is 0 Å². The Balaban J connectivity index is 1.58. The highest BCUT2D eigenvalue weighted by Gasteiger charge is 2.31. The molecule has 32 heavy (non-hydrogen) atoms. The summed E-state index contributed by atoms with van der Waals surface area (Å²) in [5.41, 5.74) is 3.46. The number of nitro benzene ring substituents is 1. The largest absolute Gasteiger partial charge is 0.367 e. The van der Waals surface area contributed by atoms with Crippen molar-refractivity contribution < 1.29 is 18.1 Å². The molecule has 0 bridgehead atoms. The molecule has 0 radical (unpaired) electrons. The van der Waals surface area contributed by atoms with Crippen molar-refractivity contribution in [1.29, 1.82) is 0 Å². The molecule has 0 unspecified atom stereocenters. The van der Waals surface area contributed by atoms with Crippen molar-refractivity contribution in [2.45, 2.75) is 30.6 Å². The molecule has 8 heteroatoms. The van der Waals surface area contributed by atoms with Gasteiger partial charge in [0.05, 0.1) is 28.6 Å². The van der Waals surface area contributed by atoms with E-state index in [0.29, 0.717) is 0 Å². The highest BCUT2D eigenvalue weighted by atomic mass is 32.2. The Morgan fingerprint density at radius 1 is 1.00 bits per heavy atom. The first-order valence-corrected chi connectivity index (χ1v) is 11.5. The maximum atomic E-state index is 13.1. The fourth-order valence-corrected chi connectivity index (χ4v) is 4.80. The van der Waals surface area contributed by atoms with Crippen molar-refractivity contribution in [2.24, 2.45) is 0 Å². The molecule has 0 saturated heterocycles. The summed E-state index contributed by atoms with van der Waals surface area (Å²) in [6.45, 7) is 2.08. The molecule has 4 rings (SSSR count). The van der Waals surface area contributed by atoms with Gasteiger partial charge in [-0.2, -0.15) is 0 Å². The fourth-order valence-electron chi connectivity index (χ4n) is 3.57. The summed E-state index contributed by atoms with van der Waals surface area (Å²) in [5, 5.41) is 10.8. The minimum absolute atomic E-state index is 0.00368. The zero-order valence-electron chi connectivity index (χ0n) is 17.3. The molecular formula is C24H22N2O5S. The number of nitro groups is 1. The predicted molar refractivity (Wildman–Crippen MR) is 121 cm³/mol. The van der Waals surface area contributed by atoms with Crippen LogP contribution in [-0.4, -0.2) is 19.4 Å². The van der Waals surface area contributed by atoms with E-state index in [0.717, 1.165) is 22.3 Å². The van der Waals surface area contributed by atoms with E-state index in [2.05, 4.69) is 4.72 Å². The number of nitrogens with one attached hydrogen (secondary N) is 1. The van der Waals surface area contributed by atoms with Crippen LogP contribution in [0, 0.1) is 17.0 Å². The Bertz CT molecular complexity index is 1250. The van der Waals surface area contributed by atoms with Gasteiger partial charge < -0.3 is 4.74 Å². The van der Waals surface area contributed by atoms with Crippen LogP contribution in [0.2, 0.25) is 0 Å². The van der Waals surface area contributed by atoms with E-state index < -0.39 is 27.1 Å². The summed E-state index contributed by atoms with van der Waals surface area (Å²) in [5.74, 6) is 0. The smallest absolute Gasteiger partial charge is 0.269 e. The zero-order valence-corrected chi connectivity index (χ0v) is 18.2. The van der Waals surface area contributed by atoms with Gasteiger partial charge in [0.15, 0.2) is 0 Å². The Kier molecular flexibility index (Phi) is 6.18. The molecule has 1 aliphatic rings. The Labute approximate surface area is 186 Å². The number of fused-ring (bicyclic) bond motifs is 1. The number of benzene rings is 3. The Morgan fingerprint density at radius 2 is 1.69 bits per heavy atom. The van der Waals surface area contributed by atoms with Crippen LogP contribution in [0.1, 0.15) is 28.3 Å². The Morgan fingerprint density at radius 3 is 2.38 bits per heavy atom. The van der Waals surface area contributed by atoms with E-state index in [9.17, 15) is 18.5 Å². The first-order chi connectivity index (χ1) is 15.3. The standard InChI is InChI=1S/C24H22N2O5S/c1-17-6-13-21(14-7-17)32(29,30)25-24-22-5-3-2-4-19(22)10-15-23(24)31-16-18-8-11-20(12-9-18)26(27)28/h2-15,23-25H,16H2,1H3/t23-,24-/m1/s1. The number of ether oxygens (including phenoxy) is 1. The summed E-state index contributed by atoms with van der Waals surface area (Å²) >= 11 is 0. The number of sulfonamides is 1. The molecule has 3 aromatic rings. The topological polar surface area (TPSA) is 98.5 Å². The molecule has 0 spiro atoms. The van der Waals surface area contributed by atoms with Gasteiger partial charge in [-0.1, -0.05) is 54.1 Å². The van der Waals surface area contributed by atoms with Crippen molar-refractivity contribution in [3.63, 3.8) is 0 Å². The molecule has 0 fully saturated rings. The summed E-state index contributed by atoms with van der Waals surface area (Å²) in [4.78, 5) is 10.6. The number of hydrogen-bond acceptors (Lipinski definition) is 5. The first-order valence-electron chi connectivity index (χ1n) is 10.0. The SMILES string of the molecule is Cc1ccc(S(=O)(=O)N[C@@H]2c3ccccc3C=C[C@H]2OCc2ccc([N+](=O)[O-])cc2)cc1. The van der Waals surface area contributed by atoms with Crippen molar-refractivity contribution in [3.8, 4) is 0 Å². The van der Waals surface area contributed by atoms with Crippen LogP contribution in [-0.2, 0) is 21.4 Å². The van der Waals surface area contributed by atoms with Crippen LogP contribution < -0.4 is 4.72 Å². The fraction of sp³-hybridized carbons (Fsp3) is 0.167. The number of aryl methyl sites for hydroxylation is 1.